The van der Waals surface area contributed by atoms with E-state index in [2.05, 4.69) is 22.5 Å². The highest BCUT2D eigenvalue weighted by molar-refractivity contribution is 7.13. The number of nitrogens with one attached hydrogen (secondary N) is 2. The van der Waals surface area contributed by atoms with E-state index in [9.17, 15) is 4.79 Å². The van der Waals surface area contributed by atoms with Gasteiger partial charge in [-0.15, -0.1) is 11.3 Å². The first-order chi connectivity index (χ1) is 8.28. The second kappa shape index (κ2) is 6.15. The van der Waals surface area contributed by atoms with Crippen molar-refractivity contribution in [3.63, 3.8) is 0 Å². The van der Waals surface area contributed by atoms with Crippen molar-refractivity contribution in [2.45, 2.75) is 52.2 Å². The second-order valence-corrected chi connectivity index (χ2v) is 6.12. The summed E-state index contributed by atoms with van der Waals surface area (Å²) in [5.74, 6) is -0.000486. The van der Waals surface area contributed by atoms with Crippen LogP contribution in [-0.4, -0.2) is 22.5 Å². The van der Waals surface area contributed by atoms with Gasteiger partial charge in [-0.3, -0.25) is 4.79 Å². The van der Waals surface area contributed by atoms with Crippen LogP contribution in [0.2, 0.25) is 0 Å². The number of rotatable bonds is 6. The lowest BCUT2D eigenvalue weighted by Crippen LogP contribution is -2.46. The third kappa shape index (κ3) is 5.46. The summed E-state index contributed by atoms with van der Waals surface area (Å²) in [4.78, 5) is 15.3. The van der Waals surface area contributed by atoms with Crippen LogP contribution in [0.1, 0.15) is 39.8 Å². The number of amides is 1. The molecule has 102 valence electrons. The van der Waals surface area contributed by atoms with Crippen molar-refractivity contribution in [2.75, 3.05) is 5.73 Å². The normalized spacial score (nSPS) is 13.3. The number of nitrogen functional groups attached to an aromatic ring is 1. The molecular formula is C12H22N4OS. The van der Waals surface area contributed by atoms with Gasteiger partial charge < -0.3 is 16.4 Å². The molecule has 5 nitrogen and oxygen atoms in total. The Kier molecular flexibility index (Phi) is 5.10. The number of nitrogens with two attached hydrogens (primary N) is 1. The lowest BCUT2D eigenvalue weighted by molar-refractivity contribution is -0.120. The minimum Gasteiger partial charge on any atom is -0.375 e. The molecule has 1 atom stereocenters. The van der Waals surface area contributed by atoms with E-state index >= 15 is 0 Å². The third-order valence-corrected chi connectivity index (χ3v) is 3.25. The molecule has 0 aliphatic carbocycles. The molecule has 0 spiro atoms. The Balaban J connectivity index is 2.37. The van der Waals surface area contributed by atoms with Crippen molar-refractivity contribution >= 4 is 22.4 Å². The quantitative estimate of drug-likeness (QED) is 0.732. The molecule has 1 aromatic rings. The van der Waals surface area contributed by atoms with Crippen LogP contribution in [0.3, 0.4) is 0 Å². The molecule has 0 radical (unpaired) electrons. The summed E-state index contributed by atoms with van der Waals surface area (Å²) < 4.78 is 0. The highest BCUT2D eigenvalue weighted by Crippen LogP contribution is 2.13. The zero-order chi connectivity index (χ0) is 13.8. The molecule has 1 heterocycles. The van der Waals surface area contributed by atoms with Gasteiger partial charge in [0.2, 0.25) is 5.91 Å². The van der Waals surface area contributed by atoms with Crippen LogP contribution in [-0.2, 0) is 11.3 Å². The molecule has 18 heavy (non-hydrogen) atoms. The van der Waals surface area contributed by atoms with Gasteiger partial charge in [0.05, 0.1) is 5.69 Å². The molecule has 6 heteroatoms. The van der Waals surface area contributed by atoms with Crippen LogP contribution in [0, 0.1) is 0 Å². The largest absolute Gasteiger partial charge is 0.375 e. The molecule has 4 N–H and O–H groups in total. The van der Waals surface area contributed by atoms with Crippen molar-refractivity contribution in [1.29, 1.82) is 0 Å². The summed E-state index contributed by atoms with van der Waals surface area (Å²) in [6.45, 7) is 8.38. The second-order valence-electron chi connectivity index (χ2n) is 5.23. The zero-order valence-electron chi connectivity index (χ0n) is 11.4. The number of nitrogens with zero attached hydrogens (tertiary/aromatic N) is 1. The molecular weight excluding hydrogens is 248 g/mol. The first kappa shape index (κ1) is 14.9. The fraction of sp³-hybridized carbons (Fsp3) is 0.667. The van der Waals surface area contributed by atoms with Gasteiger partial charge in [0.25, 0.3) is 0 Å². The van der Waals surface area contributed by atoms with Gasteiger partial charge in [-0.25, -0.2) is 4.98 Å². The average molecular weight is 270 g/mol. The van der Waals surface area contributed by atoms with Crippen molar-refractivity contribution in [3.05, 3.63) is 11.1 Å². The van der Waals surface area contributed by atoms with E-state index in [0.717, 1.165) is 12.1 Å². The van der Waals surface area contributed by atoms with Crippen LogP contribution in [0.15, 0.2) is 5.38 Å². The zero-order valence-corrected chi connectivity index (χ0v) is 12.2. The number of aromatic nitrogens is 1. The number of carbonyl (C=O) groups is 1. The molecule has 0 aliphatic rings. The van der Waals surface area contributed by atoms with E-state index in [1.54, 1.807) is 0 Å². The molecule has 0 fully saturated rings. The SMILES string of the molecule is CC(=O)NC(C)(C)C[C@H](C)NCc1csc(N)n1. The highest BCUT2D eigenvalue weighted by Gasteiger charge is 2.21. The molecule has 1 rings (SSSR count). The molecule has 0 saturated heterocycles. The fourth-order valence-electron chi connectivity index (χ4n) is 2.05. The molecule has 0 bridgehead atoms. The molecule has 0 unspecified atom stereocenters. The van der Waals surface area contributed by atoms with Crippen LogP contribution < -0.4 is 16.4 Å². The summed E-state index contributed by atoms with van der Waals surface area (Å²) in [6, 6.07) is 0.287. The molecule has 0 aromatic carbocycles. The van der Waals surface area contributed by atoms with Gasteiger partial charge in [0.1, 0.15) is 0 Å². The average Bonchev–Trinajstić information content (AvgIpc) is 2.58. The minimum atomic E-state index is -0.209. The molecule has 0 saturated carbocycles. The van der Waals surface area contributed by atoms with Crippen LogP contribution >= 0.6 is 11.3 Å². The maximum atomic E-state index is 11.1. The maximum absolute atomic E-state index is 11.1. The van der Waals surface area contributed by atoms with Crippen LogP contribution in [0.4, 0.5) is 5.13 Å². The molecule has 0 aliphatic heterocycles. The van der Waals surface area contributed by atoms with E-state index in [1.807, 2.05) is 19.2 Å². The number of thiazole rings is 1. The maximum Gasteiger partial charge on any atom is 0.217 e. The molecule has 1 amide bonds. The van der Waals surface area contributed by atoms with E-state index < -0.39 is 0 Å². The fourth-order valence-corrected chi connectivity index (χ4v) is 2.61. The Morgan fingerprint density at radius 3 is 2.78 bits per heavy atom. The molecule has 1 aromatic heterocycles. The van der Waals surface area contributed by atoms with Gasteiger partial charge in [0, 0.05) is 30.4 Å². The van der Waals surface area contributed by atoms with E-state index in [-0.39, 0.29) is 17.5 Å². The van der Waals surface area contributed by atoms with Crippen molar-refractivity contribution in [3.8, 4) is 0 Å². The summed E-state index contributed by atoms with van der Waals surface area (Å²) in [7, 11) is 0. The highest BCUT2D eigenvalue weighted by atomic mass is 32.1. The minimum absolute atomic E-state index is 0.000486. The summed E-state index contributed by atoms with van der Waals surface area (Å²) in [5, 5.41) is 8.87. The lowest BCUT2D eigenvalue weighted by Gasteiger charge is -2.29. The van der Waals surface area contributed by atoms with E-state index in [1.165, 1.54) is 18.3 Å². The Hall–Kier alpha value is -1.14. The monoisotopic (exact) mass is 270 g/mol. The van der Waals surface area contributed by atoms with Gasteiger partial charge in [-0.2, -0.15) is 0 Å². The van der Waals surface area contributed by atoms with Crippen LogP contribution in [0.25, 0.3) is 0 Å². The van der Waals surface area contributed by atoms with Gasteiger partial charge in [0.15, 0.2) is 5.13 Å². The van der Waals surface area contributed by atoms with Crippen molar-refractivity contribution in [2.24, 2.45) is 0 Å². The number of hydrogen-bond acceptors (Lipinski definition) is 5. The third-order valence-electron chi connectivity index (χ3n) is 2.53. The smallest absolute Gasteiger partial charge is 0.217 e. The Bertz CT molecular complexity index is 403. The number of carbonyl (C=O) groups excluding carboxylic acids is 1. The Morgan fingerprint density at radius 1 is 1.61 bits per heavy atom. The first-order valence-corrected chi connectivity index (χ1v) is 6.88. The van der Waals surface area contributed by atoms with Gasteiger partial charge in [-0.05, 0) is 27.2 Å². The predicted molar refractivity (Wildman–Crippen MR) is 75.3 cm³/mol. The Morgan fingerprint density at radius 2 is 2.28 bits per heavy atom. The van der Waals surface area contributed by atoms with E-state index in [0.29, 0.717) is 11.7 Å². The summed E-state index contributed by atoms with van der Waals surface area (Å²) in [5.41, 5.74) is 6.32. The van der Waals surface area contributed by atoms with Gasteiger partial charge in [-0.1, -0.05) is 0 Å². The summed E-state index contributed by atoms with van der Waals surface area (Å²) >= 11 is 1.45. The summed E-state index contributed by atoms with van der Waals surface area (Å²) in [6.07, 6.45) is 0.853. The Labute approximate surface area is 112 Å². The number of anilines is 1. The van der Waals surface area contributed by atoms with Crippen molar-refractivity contribution in [1.82, 2.24) is 15.6 Å². The van der Waals surface area contributed by atoms with E-state index in [4.69, 9.17) is 5.73 Å². The standard InChI is InChI=1S/C12H22N4OS/c1-8(5-12(3,4)16-9(2)17)14-6-10-7-18-11(13)15-10/h7-8,14H,5-6H2,1-4H3,(H2,13,15)(H,16,17)/t8-/m0/s1. The van der Waals surface area contributed by atoms with Crippen molar-refractivity contribution < 1.29 is 4.79 Å². The van der Waals surface area contributed by atoms with Crippen LogP contribution in [0.5, 0.6) is 0 Å². The predicted octanol–water partition coefficient (Wildman–Crippen LogP) is 1.51. The topological polar surface area (TPSA) is 80.0 Å². The van der Waals surface area contributed by atoms with Gasteiger partial charge >= 0.3 is 0 Å². The lowest BCUT2D eigenvalue weighted by atomic mass is 9.96. The first-order valence-electron chi connectivity index (χ1n) is 6.00. The number of hydrogen-bond donors (Lipinski definition) is 3.